The van der Waals surface area contributed by atoms with Crippen molar-refractivity contribution in [3.8, 4) is 0 Å². The van der Waals surface area contributed by atoms with Crippen LogP contribution in [-0.2, 0) is 29.7 Å². The second-order valence-electron chi connectivity index (χ2n) is 9.56. The normalized spacial score (nSPS) is 14.4. The van der Waals surface area contributed by atoms with Crippen molar-refractivity contribution in [3.05, 3.63) is 0 Å². The van der Waals surface area contributed by atoms with Crippen LogP contribution in [0.25, 0.3) is 0 Å². The average Bonchev–Trinajstić information content (AvgIpc) is 2.43. The first-order chi connectivity index (χ1) is 12.4. The van der Waals surface area contributed by atoms with Gasteiger partial charge in [-0.1, -0.05) is 44.6 Å². The molecule has 0 amide bonds. The summed E-state index contributed by atoms with van der Waals surface area (Å²) in [5.74, 6) is 0. The lowest BCUT2D eigenvalue weighted by Gasteiger charge is -2.39. The molecule has 0 saturated heterocycles. The summed E-state index contributed by atoms with van der Waals surface area (Å²) in [4.78, 5) is 0. The molecular weight excluding hydrogens is 533 g/mol. The quantitative estimate of drug-likeness (QED) is 0.187. The third kappa shape index (κ3) is 22.2. The van der Waals surface area contributed by atoms with Crippen LogP contribution in [-0.4, -0.2) is 73.2 Å². The fraction of sp³-hybridized carbons (Fsp3) is 1.00. The van der Waals surface area contributed by atoms with Gasteiger partial charge in [-0.05, 0) is 71.5 Å². The molecule has 0 N–H and O–H groups in total. The van der Waals surface area contributed by atoms with Gasteiger partial charge in [0, 0.05) is 27.4 Å². The Morgan fingerprint density at radius 2 is 0.882 bits per heavy atom. The van der Waals surface area contributed by atoms with Gasteiger partial charge in [-0.15, -0.1) is 0 Å². The molecule has 0 spiro atoms. The van der Waals surface area contributed by atoms with Gasteiger partial charge in [0.05, 0.1) is 0 Å². The molecule has 2 unspecified atom stereocenters. The van der Waals surface area contributed by atoms with Gasteiger partial charge in [0.2, 0.25) is 0 Å². The maximum atomic E-state index is 6.59. The van der Waals surface area contributed by atoms with E-state index in [1.54, 1.807) is 21.3 Å². The number of rotatable bonds is 14. The van der Waals surface area contributed by atoms with Crippen molar-refractivity contribution >= 4 is 51.8 Å². The van der Waals surface area contributed by atoms with E-state index in [0.29, 0.717) is 6.04 Å². The first-order valence-corrected chi connectivity index (χ1v) is 26.0. The Bertz CT molecular complexity index is 461. The van der Waals surface area contributed by atoms with Crippen molar-refractivity contribution in [2.75, 3.05) is 21.3 Å². The van der Waals surface area contributed by atoms with Crippen LogP contribution in [0.4, 0.5) is 0 Å². The van der Waals surface area contributed by atoms with E-state index in [1.165, 1.54) is 0 Å². The summed E-state index contributed by atoms with van der Waals surface area (Å²) >= 11 is 0. The monoisotopic (exact) mass is 600 g/mol. The van der Waals surface area contributed by atoms with E-state index in [1.807, 2.05) is 0 Å². The summed E-state index contributed by atoms with van der Waals surface area (Å²) in [6.45, 7) is 21.6. The standard InChI is InChI=1S/C15H44O7Si6.6CH4/c1-16-28(17-2,18-3)15-14-27(13,22-25(8,9)10)20-23(4)19-26(11,12)21-24(5,6)7;;;;;;/h23H,14-15H2,1-13H3;6*1H4. The van der Waals surface area contributed by atoms with Crippen molar-refractivity contribution in [2.24, 2.45) is 0 Å². The molecule has 34 heavy (non-hydrogen) atoms. The van der Waals surface area contributed by atoms with E-state index in [4.69, 9.17) is 29.7 Å². The molecule has 2 atom stereocenters. The largest absolute Gasteiger partial charge is 0.500 e. The fourth-order valence-corrected chi connectivity index (χ4v) is 27.3. The molecule has 13 heteroatoms. The van der Waals surface area contributed by atoms with E-state index < -0.39 is 51.8 Å². The molecule has 0 heterocycles. The van der Waals surface area contributed by atoms with Crippen molar-refractivity contribution in [1.29, 1.82) is 0 Å². The van der Waals surface area contributed by atoms with Gasteiger partial charge in [0.15, 0.2) is 16.6 Å². The lowest BCUT2D eigenvalue weighted by molar-refractivity contribution is 0.124. The van der Waals surface area contributed by atoms with E-state index in [9.17, 15) is 0 Å². The van der Waals surface area contributed by atoms with Crippen LogP contribution in [0, 0.1) is 0 Å². The summed E-state index contributed by atoms with van der Waals surface area (Å²) in [5.41, 5.74) is 0. The Hall–Kier alpha value is 1.02. The van der Waals surface area contributed by atoms with E-state index in [-0.39, 0.29) is 44.6 Å². The van der Waals surface area contributed by atoms with Crippen LogP contribution in [0.15, 0.2) is 0 Å². The number of hydrogen-bond donors (Lipinski definition) is 0. The van der Waals surface area contributed by atoms with Crippen molar-refractivity contribution in [2.45, 2.75) is 122 Å². The van der Waals surface area contributed by atoms with Crippen LogP contribution >= 0.6 is 0 Å². The average molecular weight is 601 g/mol. The lowest BCUT2D eigenvalue weighted by Crippen LogP contribution is -2.55. The smallest absolute Gasteiger partial charge is 0.437 e. The molecule has 0 rings (SSSR count). The summed E-state index contributed by atoms with van der Waals surface area (Å²) in [5, 5.41) is 0. The van der Waals surface area contributed by atoms with Crippen molar-refractivity contribution in [3.63, 3.8) is 0 Å². The minimum Gasteiger partial charge on any atom is -0.437 e. The minimum atomic E-state index is -2.68. The zero-order valence-corrected chi connectivity index (χ0v) is 26.5. The molecule has 0 bridgehead atoms. The van der Waals surface area contributed by atoms with Gasteiger partial charge in [-0.3, -0.25) is 0 Å². The van der Waals surface area contributed by atoms with E-state index in [0.717, 1.165) is 6.04 Å². The third-order valence-electron chi connectivity index (χ3n) is 3.76. The zero-order chi connectivity index (χ0) is 22.4. The molecule has 218 valence electrons. The first-order valence-electron chi connectivity index (χ1n) is 9.82. The highest BCUT2D eigenvalue weighted by Gasteiger charge is 2.46. The Morgan fingerprint density at radius 3 is 1.18 bits per heavy atom. The number of hydrogen-bond acceptors (Lipinski definition) is 7. The lowest BCUT2D eigenvalue weighted by atomic mass is 10.9. The molecule has 0 fully saturated rings. The van der Waals surface area contributed by atoms with Crippen LogP contribution < -0.4 is 0 Å². The van der Waals surface area contributed by atoms with Gasteiger partial charge in [0.25, 0.3) is 0 Å². The second kappa shape index (κ2) is 20.0. The maximum absolute atomic E-state index is 6.59. The summed E-state index contributed by atoms with van der Waals surface area (Å²) < 4.78 is 42.7. The second-order valence-corrected chi connectivity index (χ2v) is 31.3. The predicted octanol–water partition coefficient (Wildman–Crippen LogP) is 8.04. The van der Waals surface area contributed by atoms with Gasteiger partial charge in [-0.2, -0.15) is 0 Å². The first kappa shape index (κ1) is 51.6. The van der Waals surface area contributed by atoms with Gasteiger partial charge in [0.1, 0.15) is 0 Å². The molecule has 0 aliphatic heterocycles. The molecule has 0 aliphatic rings. The molecular formula is C21H68O7Si6. The Morgan fingerprint density at radius 1 is 0.529 bits per heavy atom. The molecule has 0 aromatic carbocycles. The van der Waals surface area contributed by atoms with Crippen LogP contribution in [0.1, 0.15) is 44.6 Å². The highest BCUT2D eigenvalue weighted by Crippen LogP contribution is 2.28. The van der Waals surface area contributed by atoms with Crippen molar-refractivity contribution in [1.82, 2.24) is 0 Å². The Balaban J connectivity index is -0.000000243. The summed E-state index contributed by atoms with van der Waals surface area (Å²) in [6, 6.07) is 1.41. The van der Waals surface area contributed by atoms with Crippen LogP contribution in [0.3, 0.4) is 0 Å². The topological polar surface area (TPSA) is 64.6 Å². The van der Waals surface area contributed by atoms with Crippen molar-refractivity contribution < 1.29 is 29.7 Å². The van der Waals surface area contributed by atoms with Gasteiger partial charge >= 0.3 is 35.2 Å². The van der Waals surface area contributed by atoms with E-state index in [2.05, 4.69) is 65.5 Å². The van der Waals surface area contributed by atoms with Gasteiger partial charge < -0.3 is 29.7 Å². The predicted molar refractivity (Wildman–Crippen MR) is 170 cm³/mol. The molecule has 0 aliphatic carbocycles. The fourth-order valence-electron chi connectivity index (χ4n) is 3.25. The Labute approximate surface area is 224 Å². The molecule has 0 aromatic rings. The minimum absolute atomic E-state index is 0. The molecule has 7 nitrogen and oxygen atoms in total. The SMILES string of the molecule is C.C.C.C.C.C.CO[Si](CC[Si](C)(O[SiH](C)O[Si](C)(C)O[Si](C)(C)C)O[Si](C)(C)C)(OC)OC. The molecule has 0 aromatic heterocycles. The van der Waals surface area contributed by atoms with Crippen LogP contribution in [0.2, 0.25) is 77.6 Å². The summed E-state index contributed by atoms with van der Waals surface area (Å²) in [7, 11) is -7.88. The Kier molecular flexibility index (Phi) is 30.4. The third-order valence-corrected chi connectivity index (χ3v) is 23.7. The maximum Gasteiger partial charge on any atom is 0.500 e. The van der Waals surface area contributed by atoms with Crippen LogP contribution in [0.5, 0.6) is 0 Å². The zero-order valence-electron chi connectivity index (χ0n) is 20.3. The van der Waals surface area contributed by atoms with E-state index >= 15 is 0 Å². The summed E-state index contributed by atoms with van der Waals surface area (Å²) in [6.07, 6.45) is 0. The van der Waals surface area contributed by atoms with Gasteiger partial charge in [-0.25, -0.2) is 0 Å². The highest BCUT2D eigenvalue weighted by atomic mass is 28.5. The highest BCUT2D eigenvalue weighted by molar-refractivity contribution is 6.87. The molecule has 0 radical (unpaired) electrons. The molecule has 0 saturated carbocycles.